The van der Waals surface area contributed by atoms with Crippen LogP contribution in [-0.4, -0.2) is 16.2 Å². The maximum atomic E-state index is 11.7. The monoisotopic (exact) mass is 363 g/mol. The van der Waals surface area contributed by atoms with Crippen molar-refractivity contribution in [2.45, 2.75) is 6.10 Å². The van der Waals surface area contributed by atoms with Crippen molar-refractivity contribution in [2.24, 2.45) is 0 Å². The Morgan fingerprint density at radius 1 is 1.12 bits per heavy atom. The fourth-order valence-corrected chi connectivity index (χ4v) is 2.58. The van der Waals surface area contributed by atoms with E-state index in [1.54, 1.807) is 48.5 Å². The van der Waals surface area contributed by atoms with Crippen molar-refractivity contribution >= 4 is 29.2 Å². The average Bonchev–Trinajstić information content (AvgIpc) is 3.07. The van der Waals surface area contributed by atoms with Gasteiger partial charge in [0, 0.05) is 21.7 Å². The summed E-state index contributed by atoms with van der Waals surface area (Å²) in [6.45, 7) is 0. The maximum absolute atomic E-state index is 11.7. The van der Waals surface area contributed by atoms with Gasteiger partial charge >= 0.3 is 5.97 Å². The molecule has 122 valence electrons. The molecule has 0 saturated heterocycles. The fourth-order valence-electron chi connectivity index (χ4n) is 2.21. The molecule has 0 amide bonds. The van der Waals surface area contributed by atoms with E-state index in [1.807, 2.05) is 0 Å². The number of hydrogen-bond donors (Lipinski definition) is 1. The topological polar surface area (TPSA) is 72.6 Å². The zero-order chi connectivity index (χ0) is 17.1. The molecule has 5 nitrogen and oxygen atoms in total. The van der Waals surface area contributed by atoms with E-state index >= 15 is 0 Å². The molecule has 2 aromatic carbocycles. The molecule has 0 saturated carbocycles. The highest BCUT2D eigenvalue weighted by Gasteiger charge is 2.24. The molecule has 1 aromatic heterocycles. The molecule has 0 bridgehead atoms. The molecule has 1 atom stereocenters. The number of aromatic nitrogens is 1. The van der Waals surface area contributed by atoms with E-state index in [4.69, 9.17) is 32.5 Å². The highest BCUT2D eigenvalue weighted by Crippen LogP contribution is 2.35. The summed E-state index contributed by atoms with van der Waals surface area (Å²) in [6, 6.07) is 12.9. The highest BCUT2D eigenvalue weighted by molar-refractivity contribution is 6.31. The standard InChI is InChI=1S/C17H11Cl2NO4/c18-11-3-1-2-10(8-11)16(17(21)22)23-14-5-4-12(19)9-13(14)15-6-7-20-24-15/h1-9,16H,(H,21,22). The normalized spacial score (nSPS) is 11.9. The summed E-state index contributed by atoms with van der Waals surface area (Å²) >= 11 is 12.0. The third kappa shape index (κ3) is 3.53. The van der Waals surface area contributed by atoms with Gasteiger partial charge in [0.25, 0.3) is 0 Å². The van der Waals surface area contributed by atoms with Gasteiger partial charge in [0.15, 0.2) is 5.76 Å². The van der Waals surface area contributed by atoms with Crippen LogP contribution in [0.15, 0.2) is 59.3 Å². The van der Waals surface area contributed by atoms with Crippen molar-refractivity contribution in [2.75, 3.05) is 0 Å². The number of hydrogen-bond acceptors (Lipinski definition) is 4. The third-order valence-electron chi connectivity index (χ3n) is 3.27. The molecule has 3 aromatic rings. The van der Waals surface area contributed by atoms with Gasteiger partial charge in [0.1, 0.15) is 5.75 Å². The second-order valence-electron chi connectivity index (χ2n) is 4.91. The van der Waals surface area contributed by atoms with Crippen molar-refractivity contribution in [3.05, 3.63) is 70.3 Å². The van der Waals surface area contributed by atoms with E-state index in [0.717, 1.165) is 0 Å². The number of ether oxygens (including phenoxy) is 1. The molecule has 1 unspecified atom stereocenters. The number of benzene rings is 2. The third-order valence-corrected chi connectivity index (χ3v) is 3.74. The molecule has 1 N–H and O–H groups in total. The summed E-state index contributed by atoms with van der Waals surface area (Å²) in [7, 11) is 0. The number of carboxylic acids is 1. The van der Waals surface area contributed by atoms with E-state index < -0.39 is 12.1 Å². The molecule has 1 heterocycles. The largest absolute Gasteiger partial charge is 0.478 e. The summed E-state index contributed by atoms with van der Waals surface area (Å²) in [5.74, 6) is -0.415. The van der Waals surface area contributed by atoms with Gasteiger partial charge in [-0.15, -0.1) is 0 Å². The summed E-state index contributed by atoms with van der Waals surface area (Å²) < 4.78 is 10.8. The number of halogens is 2. The smallest absolute Gasteiger partial charge is 0.349 e. The fraction of sp³-hybridized carbons (Fsp3) is 0.0588. The quantitative estimate of drug-likeness (QED) is 0.700. The Labute approximate surface area is 147 Å². The number of carbonyl (C=O) groups is 1. The molecule has 0 aliphatic carbocycles. The van der Waals surface area contributed by atoms with Gasteiger partial charge in [-0.2, -0.15) is 0 Å². The maximum Gasteiger partial charge on any atom is 0.349 e. The van der Waals surface area contributed by atoms with Crippen LogP contribution >= 0.6 is 23.2 Å². The minimum atomic E-state index is -1.23. The second kappa shape index (κ2) is 6.95. The Morgan fingerprint density at radius 3 is 2.58 bits per heavy atom. The van der Waals surface area contributed by atoms with Crippen LogP contribution in [0.25, 0.3) is 11.3 Å². The first-order chi connectivity index (χ1) is 11.5. The van der Waals surface area contributed by atoms with Gasteiger partial charge in [-0.3, -0.25) is 0 Å². The Hall–Kier alpha value is -2.50. The number of nitrogens with zero attached hydrogens (tertiary/aromatic N) is 1. The lowest BCUT2D eigenvalue weighted by Crippen LogP contribution is -2.18. The molecule has 7 heteroatoms. The molecule has 0 aliphatic rings. The lowest BCUT2D eigenvalue weighted by atomic mass is 10.1. The molecule has 0 fully saturated rings. The highest BCUT2D eigenvalue weighted by atomic mass is 35.5. The second-order valence-corrected chi connectivity index (χ2v) is 5.78. The van der Waals surface area contributed by atoms with Gasteiger partial charge in [-0.25, -0.2) is 4.79 Å². The van der Waals surface area contributed by atoms with Crippen molar-refractivity contribution in [3.8, 4) is 17.1 Å². The van der Waals surface area contributed by atoms with E-state index in [1.165, 1.54) is 6.20 Å². The first-order valence-electron chi connectivity index (χ1n) is 6.90. The first kappa shape index (κ1) is 16.4. The molecule has 3 rings (SSSR count). The zero-order valence-corrected chi connectivity index (χ0v) is 13.7. The van der Waals surface area contributed by atoms with Gasteiger partial charge in [-0.1, -0.05) is 40.5 Å². The van der Waals surface area contributed by atoms with Crippen LogP contribution in [0, 0.1) is 0 Å². The summed E-state index contributed by atoms with van der Waals surface area (Å²) in [5, 5.41) is 14.1. The van der Waals surface area contributed by atoms with Crippen LogP contribution in [-0.2, 0) is 4.79 Å². The van der Waals surface area contributed by atoms with E-state index in [0.29, 0.717) is 32.7 Å². The molecule has 24 heavy (non-hydrogen) atoms. The van der Waals surface area contributed by atoms with Crippen LogP contribution in [0.3, 0.4) is 0 Å². The Kier molecular flexibility index (Phi) is 4.74. The Balaban J connectivity index is 2.01. The van der Waals surface area contributed by atoms with Crippen LogP contribution in [0.5, 0.6) is 5.75 Å². The molecule has 0 aliphatic heterocycles. The Morgan fingerprint density at radius 2 is 1.92 bits per heavy atom. The summed E-state index contributed by atoms with van der Waals surface area (Å²) in [4.78, 5) is 11.7. The number of aliphatic carboxylic acids is 1. The predicted molar refractivity (Wildman–Crippen MR) is 89.4 cm³/mol. The summed E-state index contributed by atoms with van der Waals surface area (Å²) in [6.07, 6.45) is 0.248. The van der Waals surface area contributed by atoms with E-state index in [9.17, 15) is 9.90 Å². The van der Waals surface area contributed by atoms with Crippen LogP contribution < -0.4 is 4.74 Å². The molecule has 0 radical (unpaired) electrons. The lowest BCUT2D eigenvalue weighted by Gasteiger charge is -2.17. The minimum Gasteiger partial charge on any atom is -0.478 e. The molecular weight excluding hydrogens is 353 g/mol. The van der Waals surface area contributed by atoms with Crippen molar-refractivity contribution in [3.63, 3.8) is 0 Å². The average molecular weight is 364 g/mol. The van der Waals surface area contributed by atoms with Gasteiger partial charge in [0.05, 0.1) is 11.8 Å². The molecule has 0 spiro atoms. The van der Waals surface area contributed by atoms with E-state index in [2.05, 4.69) is 5.16 Å². The van der Waals surface area contributed by atoms with Gasteiger partial charge in [-0.05, 0) is 30.3 Å². The van der Waals surface area contributed by atoms with Crippen LogP contribution in [0.1, 0.15) is 11.7 Å². The van der Waals surface area contributed by atoms with Gasteiger partial charge in [0.2, 0.25) is 6.10 Å². The van der Waals surface area contributed by atoms with Crippen molar-refractivity contribution in [1.82, 2.24) is 5.16 Å². The van der Waals surface area contributed by atoms with Crippen molar-refractivity contribution in [1.29, 1.82) is 0 Å². The zero-order valence-electron chi connectivity index (χ0n) is 12.1. The predicted octanol–water partition coefficient (Wildman–Crippen LogP) is 4.85. The Bertz CT molecular complexity index is 865. The number of carboxylic acid groups (broad SMARTS) is 1. The first-order valence-corrected chi connectivity index (χ1v) is 7.66. The summed E-state index contributed by atoms with van der Waals surface area (Å²) in [5.41, 5.74) is 0.932. The van der Waals surface area contributed by atoms with Crippen LogP contribution in [0.2, 0.25) is 10.0 Å². The van der Waals surface area contributed by atoms with Crippen molar-refractivity contribution < 1.29 is 19.2 Å². The SMILES string of the molecule is O=C(O)C(Oc1ccc(Cl)cc1-c1ccno1)c1cccc(Cl)c1. The van der Waals surface area contributed by atoms with Crippen LogP contribution in [0.4, 0.5) is 0 Å². The minimum absolute atomic E-state index is 0.309. The lowest BCUT2D eigenvalue weighted by molar-refractivity contribution is -0.145. The van der Waals surface area contributed by atoms with Gasteiger partial charge < -0.3 is 14.4 Å². The number of rotatable bonds is 5. The molecular formula is C17H11Cl2NO4. The van der Waals surface area contributed by atoms with E-state index in [-0.39, 0.29) is 0 Å².